The smallest absolute Gasteiger partial charge is 0.262 e. The van der Waals surface area contributed by atoms with Gasteiger partial charge < -0.3 is 10.1 Å². The summed E-state index contributed by atoms with van der Waals surface area (Å²) in [7, 11) is 1.57. The number of nitrogens with two attached hydrogens (primary N) is 1. The molecule has 0 saturated carbocycles. The van der Waals surface area contributed by atoms with Gasteiger partial charge in [-0.25, -0.2) is 0 Å². The molecular formula is C14H20Cl3N2O2+. The van der Waals surface area contributed by atoms with E-state index in [-0.39, 0.29) is 5.91 Å². The number of benzene rings is 1. The number of hydrogen-bond donors (Lipinski definition) is 2. The lowest BCUT2D eigenvalue weighted by Crippen LogP contribution is -2.96. The zero-order valence-electron chi connectivity index (χ0n) is 12.0. The molecule has 0 aliphatic heterocycles. The number of unbranched alkanes of at least 4 members (excludes halogenated alkanes) is 1. The number of carbonyl (C=O) groups excluding carboxylic acids is 1. The minimum absolute atomic E-state index is 0.290. The topological polar surface area (TPSA) is 54.9 Å². The minimum Gasteiger partial charge on any atom is -0.497 e. The molecule has 0 saturated heterocycles. The molecule has 7 heteroatoms. The third kappa shape index (κ3) is 6.30. The SMILES string of the molecule is CCCC[NH2+][C@@H](NC(=O)c1ccc(OC)cc1)C(Cl)(Cl)Cl. The summed E-state index contributed by atoms with van der Waals surface area (Å²) in [5.74, 6) is 0.390. The zero-order chi connectivity index (χ0) is 15.9. The van der Waals surface area contributed by atoms with Gasteiger partial charge in [0.25, 0.3) is 9.70 Å². The molecule has 1 aromatic carbocycles. The number of carbonyl (C=O) groups is 1. The third-order valence-electron chi connectivity index (χ3n) is 2.95. The number of nitrogens with one attached hydrogen (secondary N) is 1. The van der Waals surface area contributed by atoms with Crippen molar-refractivity contribution in [1.82, 2.24) is 5.32 Å². The summed E-state index contributed by atoms with van der Waals surface area (Å²) in [6.07, 6.45) is 1.38. The number of halogens is 3. The van der Waals surface area contributed by atoms with Crippen LogP contribution >= 0.6 is 34.8 Å². The maximum Gasteiger partial charge on any atom is 0.262 e. The Morgan fingerprint density at radius 3 is 2.43 bits per heavy atom. The van der Waals surface area contributed by atoms with E-state index in [4.69, 9.17) is 39.5 Å². The average Bonchev–Trinajstić information content (AvgIpc) is 2.45. The molecule has 21 heavy (non-hydrogen) atoms. The predicted octanol–water partition coefficient (Wildman–Crippen LogP) is 2.48. The molecule has 0 fully saturated rings. The molecule has 0 aliphatic carbocycles. The molecule has 1 atom stereocenters. The molecule has 0 aromatic heterocycles. The van der Waals surface area contributed by atoms with Crippen molar-refractivity contribution in [3.05, 3.63) is 29.8 Å². The molecule has 1 rings (SSSR count). The van der Waals surface area contributed by atoms with Crippen molar-refractivity contribution in [3.8, 4) is 5.75 Å². The van der Waals surface area contributed by atoms with Crippen LogP contribution in [-0.2, 0) is 0 Å². The quantitative estimate of drug-likeness (QED) is 0.449. The van der Waals surface area contributed by atoms with Crippen molar-refractivity contribution >= 4 is 40.7 Å². The summed E-state index contributed by atoms with van der Waals surface area (Å²) in [6.45, 7) is 2.85. The number of hydrogen-bond acceptors (Lipinski definition) is 2. The van der Waals surface area contributed by atoms with Gasteiger partial charge in [0.15, 0.2) is 0 Å². The molecule has 0 unspecified atom stereocenters. The van der Waals surface area contributed by atoms with E-state index in [1.54, 1.807) is 31.4 Å². The van der Waals surface area contributed by atoms with Crippen molar-refractivity contribution in [2.24, 2.45) is 0 Å². The summed E-state index contributed by atoms with van der Waals surface area (Å²) >= 11 is 17.8. The first-order chi connectivity index (χ1) is 9.88. The highest BCUT2D eigenvalue weighted by Crippen LogP contribution is 2.27. The molecule has 4 nitrogen and oxygen atoms in total. The average molecular weight is 355 g/mol. The monoisotopic (exact) mass is 353 g/mol. The minimum atomic E-state index is -1.57. The third-order valence-corrected chi connectivity index (χ3v) is 3.66. The standard InChI is InChI=1S/C14H19Cl3N2O2/c1-3-4-9-18-13(14(15,16)17)19-12(20)10-5-7-11(21-2)8-6-10/h5-8,13,18H,3-4,9H2,1-2H3,(H,19,20)/p+1/t13-/m0/s1. The first kappa shape index (κ1) is 18.4. The Hall–Kier alpha value is -0.680. The lowest BCUT2D eigenvalue weighted by atomic mass is 10.2. The number of methoxy groups -OCH3 is 1. The van der Waals surface area contributed by atoms with Gasteiger partial charge >= 0.3 is 0 Å². The van der Waals surface area contributed by atoms with Crippen LogP contribution in [0.25, 0.3) is 0 Å². The van der Waals surface area contributed by atoms with E-state index >= 15 is 0 Å². The van der Waals surface area contributed by atoms with Gasteiger partial charge in [-0.15, -0.1) is 0 Å². The fourth-order valence-corrected chi connectivity index (χ4v) is 2.16. The Balaban J connectivity index is 2.70. The van der Waals surface area contributed by atoms with Crippen LogP contribution in [0.15, 0.2) is 24.3 Å². The maximum absolute atomic E-state index is 12.2. The lowest BCUT2D eigenvalue weighted by Gasteiger charge is -2.23. The van der Waals surface area contributed by atoms with E-state index in [2.05, 4.69) is 12.2 Å². The van der Waals surface area contributed by atoms with Crippen LogP contribution in [-0.4, -0.2) is 29.5 Å². The molecule has 0 bridgehead atoms. The van der Waals surface area contributed by atoms with Crippen molar-refractivity contribution in [2.75, 3.05) is 13.7 Å². The Morgan fingerprint density at radius 2 is 1.95 bits per heavy atom. The highest BCUT2D eigenvalue weighted by molar-refractivity contribution is 6.68. The first-order valence-corrected chi connectivity index (χ1v) is 7.86. The second-order valence-corrected chi connectivity index (χ2v) is 6.97. The number of ether oxygens (including phenoxy) is 1. The maximum atomic E-state index is 12.2. The van der Waals surface area contributed by atoms with Crippen molar-refractivity contribution < 1.29 is 14.8 Å². The first-order valence-electron chi connectivity index (χ1n) is 6.73. The summed E-state index contributed by atoms with van der Waals surface area (Å²) in [6, 6.07) is 6.74. The molecule has 0 aliphatic rings. The summed E-state index contributed by atoms with van der Waals surface area (Å²) in [4.78, 5) is 12.2. The van der Waals surface area contributed by atoms with Crippen molar-refractivity contribution in [1.29, 1.82) is 0 Å². The van der Waals surface area contributed by atoms with Crippen molar-refractivity contribution in [3.63, 3.8) is 0 Å². The Morgan fingerprint density at radius 1 is 1.33 bits per heavy atom. The summed E-state index contributed by atoms with van der Waals surface area (Å²) in [5.41, 5.74) is 0.485. The molecule has 118 valence electrons. The fourth-order valence-electron chi connectivity index (χ4n) is 1.73. The van der Waals surface area contributed by atoms with E-state index in [1.165, 1.54) is 0 Å². The van der Waals surface area contributed by atoms with Gasteiger partial charge in [-0.2, -0.15) is 0 Å². The number of alkyl halides is 3. The van der Waals surface area contributed by atoms with E-state index in [9.17, 15) is 4.79 Å². The largest absolute Gasteiger partial charge is 0.497 e. The van der Waals surface area contributed by atoms with Gasteiger partial charge in [0.05, 0.1) is 13.7 Å². The second-order valence-electron chi connectivity index (χ2n) is 4.60. The van der Waals surface area contributed by atoms with Crippen LogP contribution in [0.3, 0.4) is 0 Å². The molecule has 0 radical (unpaired) electrons. The van der Waals surface area contributed by atoms with E-state index < -0.39 is 9.96 Å². The van der Waals surface area contributed by atoms with Gasteiger partial charge in [-0.3, -0.25) is 10.1 Å². The summed E-state index contributed by atoms with van der Waals surface area (Å²) in [5, 5.41) is 4.57. The Kier molecular flexibility index (Phi) is 7.60. The van der Waals surface area contributed by atoms with E-state index in [0.29, 0.717) is 11.3 Å². The van der Waals surface area contributed by atoms with Gasteiger partial charge in [0, 0.05) is 5.56 Å². The second kappa shape index (κ2) is 8.69. The van der Waals surface area contributed by atoms with Gasteiger partial charge in [0.2, 0.25) is 6.17 Å². The molecule has 0 heterocycles. The fraction of sp³-hybridized carbons (Fsp3) is 0.500. The van der Waals surface area contributed by atoms with Gasteiger partial charge in [-0.1, -0.05) is 48.1 Å². The lowest BCUT2D eigenvalue weighted by molar-refractivity contribution is -0.692. The predicted molar refractivity (Wildman–Crippen MR) is 86.2 cm³/mol. The normalized spacial score (nSPS) is 12.8. The molecule has 0 spiro atoms. The van der Waals surface area contributed by atoms with Crippen LogP contribution in [0.1, 0.15) is 30.1 Å². The van der Waals surface area contributed by atoms with Gasteiger partial charge in [0.1, 0.15) is 5.75 Å². The Bertz CT molecular complexity index is 447. The Labute approximate surface area is 140 Å². The van der Waals surface area contributed by atoms with Crippen LogP contribution in [0.4, 0.5) is 0 Å². The number of amides is 1. The van der Waals surface area contributed by atoms with E-state index in [1.807, 2.05) is 5.32 Å². The molecule has 1 amide bonds. The highest BCUT2D eigenvalue weighted by Gasteiger charge is 2.37. The van der Waals surface area contributed by atoms with Crippen LogP contribution in [0.2, 0.25) is 0 Å². The van der Waals surface area contributed by atoms with Gasteiger partial charge in [-0.05, 0) is 30.7 Å². The molecular weight excluding hydrogens is 335 g/mol. The van der Waals surface area contributed by atoms with Crippen LogP contribution < -0.4 is 15.4 Å². The zero-order valence-corrected chi connectivity index (χ0v) is 14.3. The van der Waals surface area contributed by atoms with Crippen LogP contribution in [0.5, 0.6) is 5.75 Å². The molecule has 3 N–H and O–H groups in total. The van der Waals surface area contributed by atoms with Crippen LogP contribution in [0, 0.1) is 0 Å². The number of quaternary nitrogens is 1. The molecule has 1 aromatic rings. The van der Waals surface area contributed by atoms with E-state index in [0.717, 1.165) is 19.4 Å². The summed E-state index contributed by atoms with van der Waals surface area (Å²) < 4.78 is 3.47. The van der Waals surface area contributed by atoms with Crippen molar-refractivity contribution in [2.45, 2.75) is 29.7 Å². The highest BCUT2D eigenvalue weighted by atomic mass is 35.6. The number of rotatable bonds is 7.